The lowest BCUT2D eigenvalue weighted by molar-refractivity contribution is 0.0923. The van der Waals surface area contributed by atoms with Gasteiger partial charge in [0.25, 0.3) is 5.91 Å². The Labute approximate surface area is 183 Å². The van der Waals surface area contributed by atoms with E-state index in [2.05, 4.69) is 15.6 Å². The Morgan fingerprint density at radius 3 is 2.47 bits per heavy atom. The number of hydrogen-bond donors (Lipinski definition) is 2. The lowest BCUT2D eigenvalue weighted by atomic mass is 9.95. The van der Waals surface area contributed by atoms with Gasteiger partial charge in [-0.2, -0.15) is 0 Å². The highest BCUT2D eigenvalue weighted by Gasteiger charge is 2.22. The van der Waals surface area contributed by atoms with Crippen LogP contribution in [0.4, 0.5) is 10.5 Å². The van der Waals surface area contributed by atoms with E-state index >= 15 is 0 Å². The average molecular weight is 429 g/mol. The lowest BCUT2D eigenvalue weighted by Crippen LogP contribution is -2.39. The van der Waals surface area contributed by atoms with Crippen LogP contribution in [0.3, 0.4) is 0 Å². The zero-order chi connectivity index (χ0) is 21.7. The van der Waals surface area contributed by atoms with Crippen molar-refractivity contribution in [2.45, 2.75) is 78.4 Å². The number of hydrogen-bond acceptors (Lipinski definition) is 4. The number of rotatable bonds is 6. The third-order valence-corrected chi connectivity index (χ3v) is 6.46. The number of nitrogens with zero attached hydrogens (tertiary/aromatic N) is 2. The SMILES string of the molecule is Cc1cccc(C)c1NC(=O)N(Cc1nc(C(=O)NC2CCCCC2)cs1)C(C)C. The van der Waals surface area contributed by atoms with E-state index in [0.717, 1.165) is 34.7 Å². The first-order valence-electron chi connectivity index (χ1n) is 10.7. The minimum absolute atomic E-state index is 0.00209. The normalized spacial score (nSPS) is 14.6. The van der Waals surface area contributed by atoms with Gasteiger partial charge in [-0.15, -0.1) is 11.3 Å². The third-order valence-electron chi connectivity index (χ3n) is 5.63. The van der Waals surface area contributed by atoms with Crippen molar-refractivity contribution < 1.29 is 9.59 Å². The molecule has 0 radical (unpaired) electrons. The fourth-order valence-electron chi connectivity index (χ4n) is 3.82. The maximum Gasteiger partial charge on any atom is 0.322 e. The maximum absolute atomic E-state index is 13.0. The van der Waals surface area contributed by atoms with Gasteiger partial charge < -0.3 is 15.5 Å². The van der Waals surface area contributed by atoms with Crippen molar-refractivity contribution >= 4 is 29.0 Å². The van der Waals surface area contributed by atoms with Gasteiger partial charge in [0, 0.05) is 23.2 Å². The van der Waals surface area contributed by atoms with Crippen molar-refractivity contribution in [2.24, 2.45) is 0 Å². The molecule has 1 aromatic heterocycles. The van der Waals surface area contributed by atoms with Gasteiger partial charge in [0.2, 0.25) is 0 Å². The van der Waals surface area contributed by atoms with Gasteiger partial charge >= 0.3 is 6.03 Å². The summed E-state index contributed by atoms with van der Waals surface area (Å²) in [4.78, 5) is 31.8. The quantitative estimate of drug-likeness (QED) is 0.659. The Bertz CT molecular complexity index is 867. The van der Waals surface area contributed by atoms with Crippen LogP contribution in [0.2, 0.25) is 0 Å². The van der Waals surface area contributed by atoms with Crippen molar-refractivity contribution in [2.75, 3.05) is 5.32 Å². The van der Waals surface area contributed by atoms with Crippen molar-refractivity contribution in [3.63, 3.8) is 0 Å². The molecule has 30 heavy (non-hydrogen) atoms. The van der Waals surface area contributed by atoms with Gasteiger partial charge in [0.1, 0.15) is 10.7 Å². The molecule has 2 aromatic rings. The van der Waals surface area contributed by atoms with E-state index in [4.69, 9.17) is 0 Å². The summed E-state index contributed by atoms with van der Waals surface area (Å²) in [5, 5.41) is 8.70. The van der Waals surface area contributed by atoms with Gasteiger partial charge in [-0.1, -0.05) is 37.5 Å². The standard InChI is InChI=1S/C23H32N4O2S/c1-15(2)27(23(29)26-21-16(3)9-8-10-17(21)4)13-20-25-19(14-30-20)22(28)24-18-11-6-5-7-12-18/h8-10,14-15,18H,5-7,11-13H2,1-4H3,(H,24,28)(H,26,29). The Morgan fingerprint density at radius 1 is 1.17 bits per heavy atom. The van der Waals surface area contributed by atoms with E-state index in [1.54, 1.807) is 10.3 Å². The molecule has 1 aromatic carbocycles. The van der Waals surface area contributed by atoms with Crippen molar-refractivity contribution in [3.8, 4) is 0 Å². The van der Waals surface area contributed by atoms with Gasteiger partial charge in [-0.05, 0) is 51.7 Å². The van der Waals surface area contributed by atoms with Crippen LogP contribution in [0.1, 0.15) is 72.6 Å². The molecule has 3 rings (SSSR count). The smallest absolute Gasteiger partial charge is 0.322 e. The molecule has 0 spiro atoms. The van der Waals surface area contributed by atoms with Gasteiger partial charge in [0.15, 0.2) is 0 Å². The highest BCUT2D eigenvalue weighted by Crippen LogP contribution is 2.22. The summed E-state index contributed by atoms with van der Waals surface area (Å²) in [6.45, 7) is 8.31. The topological polar surface area (TPSA) is 74.3 Å². The van der Waals surface area contributed by atoms with Crippen LogP contribution in [-0.2, 0) is 6.54 Å². The van der Waals surface area contributed by atoms with Crippen LogP contribution in [0.5, 0.6) is 0 Å². The fraction of sp³-hybridized carbons (Fsp3) is 0.522. The summed E-state index contributed by atoms with van der Waals surface area (Å²) in [5.41, 5.74) is 3.35. The molecule has 1 aliphatic carbocycles. The van der Waals surface area contributed by atoms with E-state index in [-0.39, 0.29) is 24.0 Å². The predicted octanol–water partition coefficient (Wildman–Crippen LogP) is 5.26. The van der Waals surface area contributed by atoms with Crippen LogP contribution < -0.4 is 10.6 Å². The van der Waals surface area contributed by atoms with Crippen molar-refractivity contribution in [1.82, 2.24) is 15.2 Å². The van der Waals surface area contributed by atoms with Crippen LogP contribution in [0.25, 0.3) is 0 Å². The van der Waals surface area contributed by atoms with Gasteiger partial charge in [0.05, 0.1) is 6.54 Å². The summed E-state index contributed by atoms with van der Waals surface area (Å²) in [5.74, 6) is -0.111. The average Bonchev–Trinajstić information content (AvgIpc) is 3.18. The third kappa shape index (κ3) is 5.59. The first-order valence-corrected chi connectivity index (χ1v) is 11.6. The first kappa shape index (κ1) is 22.3. The molecule has 1 fully saturated rings. The molecule has 2 N–H and O–H groups in total. The van der Waals surface area contributed by atoms with Crippen molar-refractivity contribution in [3.05, 3.63) is 45.4 Å². The summed E-state index contributed by atoms with van der Waals surface area (Å²) < 4.78 is 0. The summed E-state index contributed by atoms with van der Waals surface area (Å²) in [6, 6.07) is 6.05. The lowest BCUT2D eigenvalue weighted by Gasteiger charge is -2.27. The Morgan fingerprint density at radius 2 is 1.83 bits per heavy atom. The van der Waals surface area contributed by atoms with Crippen LogP contribution >= 0.6 is 11.3 Å². The highest BCUT2D eigenvalue weighted by atomic mass is 32.1. The number of thiazole rings is 1. The number of urea groups is 1. The van der Waals surface area contributed by atoms with Crippen molar-refractivity contribution in [1.29, 1.82) is 0 Å². The molecule has 162 valence electrons. The Balaban J connectivity index is 1.65. The maximum atomic E-state index is 13.0. The number of nitrogens with one attached hydrogen (secondary N) is 2. The van der Waals surface area contributed by atoms with E-state index in [9.17, 15) is 9.59 Å². The number of carbonyl (C=O) groups excluding carboxylic acids is 2. The molecule has 0 saturated heterocycles. The van der Waals surface area contributed by atoms with Gasteiger partial charge in [-0.25, -0.2) is 9.78 Å². The van der Waals surface area contributed by atoms with E-state index in [0.29, 0.717) is 12.2 Å². The Kier molecular flexibility index (Phi) is 7.48. The molecule has 1 saturated carbocycles. The summed E-state index contributed by atoms with van der Waals surface area (Å²) in [6.07, 6.45) is 5.69. The zero-order valence-electron chi connectivity index (χ0n) is 18.3. The Hall–Kier alpha value is -2.41. The molecular formula is C23H32N4O2S. The van der Waals surface area contributed by atoms with Crippen LogP contribution in [0.15, 0.2) is 23.6 Å². The molecule has 0 atom stereocenters. The second-order valence-electron chi connectivity index (χ2n) is 8.35. The second kappa shape index (κ2) is 10.1. The zero-order valence-corrected chi connectivity index (χ0v) is 19.1. The van der Waals surface area contributed by atoms with Crippen LogP contribution in [0, 0.1) is 13.8 Å². The number of benzene rings is 1. The molecule has 0 aliphatic heterocycles. The minimum Gasteiger partial charge on any atom is -0.348 e. The first-order chi connectivity index (χ1) is 14.3. The molecule has 0 unspecified atom stereocenters. The molecule has 6 nitrogen and oxygen atoms in total. The minimum atomic E-state index is -0.161. The largest absolute Gasteiger partial charge is 0.348 e. The summed E-state index contributed by atoms with van der Waals surface area (Å²) in [7, 11) is 0. The molecule has 7 heteroatoms. The van der Waals surface area contributed by atoms with Crippen LogP contribution in [-0.4, -0.2) is 33.9 Å². The summed E-state index contributed by atoms with van der Waals surface area (Å²) >= 11 is 1.42. The van der Waals surface area contributed by atoms with E-state index in [1.165, 1.54) is 30.6 Å². The number of aromatic nitrogens is 1. The molecule has 1 heterocycles. The fourth-order valence-corrected chi connectivity index (χ4v) is 4.59. The predicted molar refractivity (Wildman–Crippen MR) is 122 cm³/mol. The molecular weight excluding hydrogens is 396 g/mol. The number of amides is 3. The number of para-hydroxylation sites is 1. The molecule has 3 amide bonds. The highest BCUT2D eigenvalue weighted by molar-refractivity contribution is 7.09. The number of carbonyl (C=O) groups is 2. The van der Waals surface area contributed by atoms with Gasteiger partial charge in [-0.3, -0.25) is 4.79 Å². The monoisotopic (exact) mass is 428 g/mol. The second-order valence-corrected chi connectivity index (χ2v) is 9.30. The number of aryl methyl sites for hydroxylation is 2. The molecule has 0 bridgehead atoms. The van der Waals surface area contributed by atoms with E-state index < -0.39 is 0 Å². The molecule has 1 aliphatic rings. The number of anilines is 1. The van der Waals surface area contributed by atoms with E-state index in [1.807, 2.05) is 45.9 Å².